The summed E-state index contributed by atoms with van der Waals surface area (Å²) in [5.41, 5.74) is 1.86. The number of nitrogens with zero attached hydrogens (tertiary/aromatic N) is 2. The molecule has 1 atom stereocenters. The van der Waals surface area contributed by atoms with Gasteiger partial charge in [0.15, 0.2) is 0 Å². The molecule has 1 aliphatic rings. The second kappa shape index (κ2) is 7.85. The summed E-state index contributed by atoms with van der Waals surface area (Å²) in [5.74, 6) is 0.488. The van der Waals surface area contributed by atoms with Gasteiger partial charge in [-0.15, -0.1) is 11.3 Å². The Morgan fingerprint density at radius 2 is 2.21 bits per heavy atom. The summed E-state index contributed by atoms with van der Waals surface area (Å²) < 4.78 is 12.9. The van der Waals surface area contributed by atoms with Gasteiger partial charge in [-0.1, -0.05) is 12.1 Å². The van der Waals surface area contributed by atoms with E-state index in [1.165, 1.54) is 12.1 Å². The molecule has 0 bridgehead atoms. The van der Waals surface area contributed by atoms with Crippen LogP contribution >= 0.6 is 11.3 Å². The van der Waals surface area contributed by atoms with Crippen LogP contribution in [0.2, 0.25) is 0 Å². The van der Waals surface area contributed by atoms with Gasteiger partial charge in [0.2, 0.25) is 5.91 Å². The molecular weight excluding hydrogens is 325 g/mol. The van der Waals surface area contributed by atoms with Gasteiger partial charge in [0.1, 0.15) is 5.82 Å². The molecule has 1 fully saturated rings. The third-order valence-corrected chi connectivity index (χ3v) is 5.23. The topological polar surface area (TPSA) is 45.2 Å². The molecule has 1 saturated heterocycles. The highest BCUT2D eigenvalue weighted by molar-refractivity contribution is 7.09. The minimum Gasteiger partial charge on any atom is -0.342 e. The highest BCUT2D eigenvalue weighted by Crippen LogP contribution is 2.19. The summed E-state index contributed by atoms with van der Waals surface area (Å²) in [6.45, 7) is 2.65. The fourth-order valence-electron chi connectivity index (χ4n) is 3.07. The van der Waals surface area contributed by atoms with Crippen LogP contribution in [0.4, 0.5) is 4.39 Å². The molecule has 24 heavy (non-hydrogen) atoms. The molecule has 1 amide bonds. The van der Waals surface area contributed by atoms with Crippen LogP contribution in [0.5, 0.6) is 0 Å². The predicted octanol–water partition coefficient (Wildman–Crippen LogP) is 2.48. The average molecular weight is 347 g/mol. The van der Waals surface area contributed by atoms with E-state index in [9.17, 15) is 9.18 Å². The number of hydrogen-bond donors (Lipinski definition) is 1. The van der Waals surface area contributed by atoms with E-state index in [-0.39, 0.29) is 11.7 Å². The SMILES string of the molecule is CNCC1CCN(C(=O)Cc2csc(Cc3ccc(F)cc3)n2)C1. The number of thiazole rings is 1. The minimum absolute atomic E-state index is 0.159. The van der Waals surface area contributed by atoms with Crippen molar-refractivity contribution in [2.75, 3.05) is 26.7 Å². The first-order valence-electron chi connectivity index (χ1n) is 8.24. The summed E-state index contributed by atoms with van der Waals surface area (Å²) in [5, 5.41) is 6.09. The van der Waals surface area contributed by atoms with Crippen LogP contribution in [-0.2, 0) is 17.6 Å². The molecule has 2 heterocycles. The summed E-state index contributed by atoms with van der Waals surface area (Å²) >= 11 is 1.56. The van der Waals surface area contributed by atoms with Crippen molar-refractivity contribution in [3.05, 3.63) is 51.7 Å². The fourth-order valence-corrected chi connectivity index (χ4v) is 3.90. The first-order valence-corrected chi connectivity index (χ1v) is 9.12. The molecular formula is C18H22FN3OS. The van der Waals surface area contributed by atoms with E-state index in [2.05, 4.69) is 10.3 Å². The van der Waals surface area contributed by atoms with Crippen LogP contribution in [0.25, 0.3) is 0 Å². The summed E-state index contributed by atoms with van der Waals surface area (Å²) in [6, 6.07) is 6.46. The number of halogens is 1. The smallest absolute Gasteiger partial charge is 0.228 e. The van der Waals surface area contributed by atoms with Gasteiger partial charge in [-0.25, -0.2) is 9.37 Å². The summed E-state index contributed by atoms with van der Waals surface area (Å²) in [6.07, 6.45) is 2.11. The molecule has 128 valence electrons. The van der Waals surface area contributed by atoms with Gasteiger partial charge in [-0.05, 0) is 43.6 Å². The lowest BCUT2D eigenvalue weighted by Gasteiger charge is -2.15. The van der Waals surface area contributed by atoms with Crippen LogP contribution in [0.1, 0.15) is 22.7 Å². The number of amides is 1. The summed E-state index contributed by atoms with van der Waals surface area (Å²) in [4.78, 5) is 18.9. The first kappa shape index (κ1) is 17.0. The van der Waals surface area contributed by atoms with Crippen molar-refractivity contribution in [2.45, 2.75) is 19.3 Å². The van der Waals surface area contributed by atoms with Gasteiger partial charge in [0.25, 0.3) is 0 Å². The molecule has 4 nitrogen and oxygen atoms in total. The molecule has 2 aromatic rings. The van der Waals surface area contributed by atoms with Crippen molar-refractivity contribution in [3.8, 4) is 0 Å². The van der Waals surface area contributed by atoms with Crippen LogP contribution in [0.15, 0.2) is 29.6 Å². The predicted molar refractivity (Wildman–Crippen MR) is 93.6 cm³/mol. The Bertz CT molecular complexity index is 686. The highest BCUT2D eigenvalue weighted by atomic mass is 32.1. The molecule has 0 aliphatic carbocycles. The standard InChI is InChI=1S/C18H22FN3OS/c1-20-10-14-6-7-22(11-14)18(23)9-16-12-24-17(21-16)8-13-2-4-15(19)5-3-13/h2-5,12,14,20H,6-11H2,1H3. The lowest BCUT2D eigenvalue weighted by Crippen LogP contribution is -2.31. The molecule has 6 heteroatoms. The largest absolute Gasteiger partial charge is 0.342 e. The Morgan fingerprint density at radius 3 is 2.96 bits per heavy atom. The van der Waals surface area contributed by atoms with Crippen LogP contribution in [-0.4, -0.2) is 42.5 Å². The number of rotatable bonds is 6. The second-order valence-electron chi connectivity index (χ2n) is 6.26. The van der Waals surface area contributed by atoms with Crippen molar-refractivity contribution < 1.29 is 9.18 Å². The molecule has 1 aromatic heterocycles. The van der Waals surface area contributed by atoms with Crippen molar-refractivity contribution in [3.63, 3.8) is 0 Å². The zero-order valence-corrected chi connectivity index (χ0v) is 14.6. The Morgan fingerprint density at radius 1 is 1.42 bits per heavy atom. The van der Waals surface area contributed by atoms with E-state index in [0.29, 0.717) is 18.8 Å². The van der Waals surface area contributed by atoms with E-state index in [4.69, 9.17) is 0 Å². The molecule has 1 unspecified atom stereocenters. The van der Waals surface area contributed by atoms with Gasteiger partial charge >= 0.3 is 0 Å². The highest BCUT2D eigenvalue weighted by Gasteiger charge is 2.26. The van der Waals surface area contributed by atoms with E-state index in [0.717, 1.165) is 42.3 Å². The molecule has 0 saturated carbocycles. The minimum atomic E-state index is -0.230. The Kier molecular flexibility index (Phi) is 5.58. The van der Waals surface area contributed by atoms with Crippen LogP contribution in [0.3, 0.4) is 0 Å². The monoisotopic (exact) mass is 347 g/mol. The van der Waals surface area contributed by atoms with E-state index >= 15 is 0 Å². The Hall–Kier alpha value is -1.79. The molecule has 1 N–H and O–H groups in total. The molecule has 0 spiro atoms. The van der Waals surface area contributed by atoms with Crippen molar-refractivity contribution in [2.24, 2.45) is 5.92 Å². The van der Waals surface area contributed by atoms with Gasteiger partial charge in [0.05, 0.1) is 17.1 Å². The van der Waals surface area contributed by atoms with Crippen LogP contribution in [0, 0.1) is 11.7 Å². The van der Waals surface area contributed by atoms with E-state index < -0.39 is 0 Å². The van der Waals surface area contributed by atoms with Crippen molar-refractivity contribution in [1.29, 1.82) is 0 Å². The van der Waals surface area contributed by atoms with Crippen molar-refractivity contribution in [1.82, 2.24) is 15.2 Å². The number of aromatic nitrogens is 1. The van der Waals surface area contributed by atoms with Gasteiger partial charge in [0, 0.05) is 24.9 Å². The zero-order valence-electron chi connectivity index (χ0n) is 13.8. The van der Waals surface area contributed by atoms with Gasteiger partial charge in [-0.2, -0.15) is 0 Å². The lowest BCUT2D eigenvalue weighted by atomic mass is 10.1. The van der Waals surface area contributed by atoms with Crippen molar-refractivity contribution >= 4 is 17.2 Å². The number of benzene rings is 1. The maximum absolute atomic E-state index is 12.9. The average Bonchev–Trinajstić information content (AvgIpc) is 3.20. The lowest BCUT2D eigenvalue weighted by molar-refractivity contribution is -0.129. The number of nitrogens with one attached hydrogen (secondary N) is 1. The summed E-state index contributed by atoms with van der Waals surface area (Å²) in [7, 11) is 1.95. The molecule has 1 aliphatic heterocycles. The van der Waals surface area contributed by atoms with E-state index in [1.54, 1.807) is 23.5 Å². The third kappa shape index (κ3) is 4.39. The normalized spacial score (nSPS) is 17.4. The van der Waals surface area contributed by atoms with E-state index in [1.807, 2.05) is 17.3 Å². The third-order valence-electron chi connectivity index (χ3n) is 4.33. The van der Waals surface area contributed by atoms with Gasteiger partial charge < -0.3 is 10.2 Å². The number of carbonyl (C=O) groups excluding carboxylic acids is 1. The Balaban J connectivity index is 1.54. The molecule has 0 radical (unpaired) electrons. The maximum atomic E-state index is 12.9. The molecule has 3 rings (SSSR count). The quantitative estimate of drug-likeness (QED) is 0.873. The number of likely N-dealkylation sites (tertiary alicyclic amines) is 1. The van der Waals surface area contributed by atoms with Gasteiger partial charge in [-0.3, -0.25) is 4.79 Å². The fraction of sp³-hybridized carbons (Fsp3) is 0.444. The zero-order chi connectivity index (χ0) is 16.9. The molecule has 1 aromatic carbocycles. The Labute approximate surface area is 145 Å². The van der Waals surface area contributed by atoms with Crippen LogP contribution < -0.4 is 5.32 Å². The number of carbonyl (C=O) groups is 1. The first-order chi connectivity index (χ1) is 11.6. The second-order valence-corrected chi connectivity index (χ2v) is 7.21. The maximum Gasteiger partial charge on any atom is 0.228 e. The number of hydrogen-bond acceptors (Lipinski definition) is 4.